The van der Waals surface area contributed by atoms with Crippen LogP contribution < -0.4 is 5.32 Å². The molecule has 1 aromatic rings. The number of aliphatic hydroxyl groups excluding tert-OH is 1. The molecule has 0 aliphatic heterocycles. The molecule has 1 atom stereocenters. The quantitative estimate of drug-likeness (QED) is 0.747. The third kappa shape index (κ3) is 5.57. The first-order valence-electron chi connectivity index (χ1n) is 6.24. The molecule has 0 amide bonds. The summed E-state index contributed by atoms with van der Waals surface area (Å²) in [5, 5.41) is 12.6. The second-order valence-corrected chi connectivity index (χ2v) is 5.31. The molecular weight excluding hydrogens is 230 g/mol. The largest absolute Gasteiger partial charge is 0.395 e. The van der Waals surface area contributed by atoms with Gasteiger partial charge in [-0.3, -0.25) is 0 Å². The first-order chi connectivity index (χ1) is 8.27. The first-order valence-corrected chi connectivity index (χ1v) is 7.40. The summed E-state index contributed by atoms with van der Waals surface area (Å²) < 4.78 is 0. The Morgan fingerprint density at radius 3 is 2.76 bits per heavy atom. The van der Waals surface area contributed by atoms with E-state index in [1.165, 1.54) is 11.1 Å². The molecule has 0 saturated heterocycles. The smallest absolute Gasteiger partial charge is 0.0592 e. The minimum atomic E-state index is 0.223. The lowest BCUT2D eigenvalue weighted by Crippen LogP contribution is -2.35. The van der Waals surface area contributed by atoms with E-state index in [2.05, 4.69) is 43.4 Å². The molecule has 17 heavy (non-hydrogen) atoms. The molecule has 1 aromatic carbocycles. The van der Waals surface area contributed by atoms with E-state index in [1.54, 1.807) is 0 Å². The van der Waals surface area contributed by atoms with E-state index < -0.39 is 0 Å². The highest BCUT2D eigenvalue weighted by Crippen LogP contribution is 2.16. The summed E-state index contributed by atoms with van der Waals surface area (Å²) in [6.07, 6.45) is 1.11. The zero-order chi connectivity index (χ0) is 12.5. The van der Waals surface area contributed by atoms with Crippen molar-refractivity contribution in [2.24, 2.45) is 0 Å². The summed E-state index contributed by atoms with van der Waals surface area (Å²) in [7, 11) is 0. The van der Waals surface area contributed by atoms with Gasteiger partial charge in [-0.1, -0.05) is 31.2 Å². The van der Waals surface area contributed by atoms with Gasteiger partial charge in [0.2, 0.25) is 0 Å². The highest BCUT2D eigenvalue weighted by atomic mass is 32.2. The molecule has 0 radical (unpaired) electrons. The Balaban J connectivity index is 2.28. The van der Waals surface area contributed by atoms with Crippen molar-refractivity contribution in [3.63, 3.8) is 0 Å². The van der Waals surface area contributed by atoms with Crippen molar-refractivity contribution in [1.29, 1.82) is 0 Å². The van der Waals surface area contributed by atoms with Crippen LogP contribution in [0.3, 0.4) is 0 Å². The van der Waals surface area contributed by atoms with Gasteiger partial charge >= 0.3 is 0 Å². The summed E-state index contributed by atoms with van der Waals surface area (Å²) in [6, 6.07) is 8.71. The van der Waals surface area contributed by atoms with Gasteiger partial charge in [0.05, 0.1) is 6.61 Å². The molecule has 0 aliphatic carbocycles. The minimum Gasteiger partial charge on any atom is -0.395 e. The summed E-state index contributed by atoms with van der Waals surface area (Å²) in [4.78, 5) is 0. The number of hydrogen-bond donors (Lipinski definition) is 2. The third-order valence-electron chi connectivity index (χ3n) is 2.74. The molecule has 0 spiro atoms. The fourth-order valence-electron chi connectivity index (χ4n) is 1.61. The molecule has 3 heteroatoms. The number of hydrogen-bond acceptors (Lipinski definition) is 3. The van der Waals surface area contributed by atoms with Crippen molar-refractivity contribution < 1.29 is 5.11 Å². The lowest BCUT2D eigenvalue weighted by molar-refractivity contribution is 0.254. The molecule has 0 aromatic heterocycles. The van der Waals surface area contributed by atoms with Crippen molar-refractivity contribution in [2.75, 3.05) is 18.9 Å². The number of thioether (sulfide) groups is 1. The summed E-state index contributed by atoms with van der Waals surface area (Å²) >= 11 is 1.88. The van der Waals surface area contributed by atoms with Crippen molar-refractivity contribution in [3.05, 3.63) is 35.4 Å². The predicted octanol–water partition coefficient (Wildman–Crippen LogP) is 2.59. The van der Waals surface area contributed by atoms with Gasteiger partial charge in [0.25, 0.3) is 0 Å². The topological polar surface area (TPSA) is 32.3 Å². The predicted molar refractivity (Wildman–Crippen MR) is 76.5 cm³/mol. The number of aliphatic hydroxyl groups is 1. The Bertz CT molecular complexity index is 317. The van der Waals surface area contributed by atoms with E-state index in [-0.39, 0.29) is 12.6 Å². The Morgan fingerprint density at radius 2 is 2.12 bits per heavy atom. The zero-order valence-electron chi connectivity index (χ0n) is 10.8. The fourth-order valence-corrected chi connectivity index (χ4v) is 2.78. The lowest BCUT2D eigenvalue weighted by atomic mass is 10.1. The van der Waals surface area contributed by atoms with E-state index in [0.29, 0.717) is 0 Å². The molecule has 0 fully saturated rings. The molecule has 0 saturated carbocycles. The molecule has 0 aliphatic rings. The van der Waals surface area contributed by atoms with Crippen LogP contribution in [-0.2, 0) is 5.75 Å². The molecule has 0 heterocycles. The van der Waals surface area contributed by atoms with Crippen LogP contribution >= 0.6 is 11.8 Å². The average Bonchev–Trinajstić information content (AvgIpc) is 2.35. The standard InChI is InChI=1S/C14H23NOS/c1-3-8-15-14(9-16)11-17-10-13-7-5-4-6-12(13)2/h4-7,14-16H,3,8-11H2,1-2H3. The summed E-state index contributed by atoms with van der Waals surface area (Å²) in [6.45, 7) is 5.49. The van der Waals surface area contributed by atoms with Gasteiger partial charge in [-0.25, -0.2) is 0 Å². The van der Waals surface area contributed by atoms with Crippen LogP contribution in [0.4, 0.5) is 0 Å². The molecule has 1 unspecified atom stereocenters. The van der Waals surface area contributed by atoms with Crippen LogP contribution in [0.15, 0.2) is 24.3 Å². The molecule has 1 rings (SSSR count). The molecular formula is C14H23NOS. The van der Waals surface area contributed by atoms with Crippen LogP contribution in [-0.4, -0.2) is 30.1 Å². The number of nitrogens with one attached hydrogen (secondary N) is 1. The van der Waals surface area contributed by atoms with E-state index in [9.17, 15) is 5.11 Å². The Kier molecular flexibility index (Phi) is 7.33. The van der Waals surface area contributed by atoms with Crippen molar-refractivity contribution in [3.8, 4) is 0 Å². The van der Waals surface area contributed by atoms with E-state index >= 15 is 0 Å². The molecule has 2 nitrogen and oxygen atoms in total. The summed E-state index contributed by atoms with van der Waals surface area (Å²) in [5.74, 6) is 1.99. The number of rotatable bonds is 8. The van der Waals surface area contributed by atoms with E-state index in [4.69, 9.17) is 0 Å². The van der Waals surface area contributed by atoms with Crippen LogP contribution in [0.1, 0.15) is 24.5 Å². The molecule has 2 N–H and O–H groups in total. The maximum Gasteiger partial charge on any atom is 0.0592 e. The first kappa shape index (κ1) is 14.6. The normalized spacial score (nSPS) is 12.6. The minimum absolute atomic E-state index is 0.223. The van der Waals surface area contributed by atoms with E-state index in [0.717, 1.165) is 24.5 Å². The van der Waals surface area contributed by atoms with Crippen molar-refractivity contribution in [2.45, 2.75) is 32.1 Å². The van der Waals surface area contributed by atoms with Crippen molar-refractivity contribution in [1.82, 2.24) is 5.32 Å². The van der Waals surface area contributed by atoms with Crippen molar-refractivity contribution >= 4 is 11.8 Å². The van der Waals surface area contributed by atoms with Gasteiger partial charge in [0.15, 0.2) is 0 Å². The SMILES string of the molecule is CCCNC(CO)CSCc1ccccc1C. The van der Waals surface area contributed by atoms with Crippen LogP contribution in [0.25, 0.3) is 0 Å². The van der Waals surface area contributed by atoms with Gasteiger partial charge in [0.1, 0.15) is 0 Å². The lowest BCUT2D eigenvalue weighted by Gasteiger charge is -2.15. The Hall–Kier alpha value is -0.510. The van der Waals surface area contributed by atoms with Gasteiger partial charge < -0.3 is 10.4 Å². The molecule has 96 valence electrons. The van der Waals surface area contributed by atoms with E-state index in [1.807, 2.05) is 11.8 Å². The zero-order valence-corrected chi connectivity index (χ0v) is 11.6. The van der Waals surface area contributed by atoms with Crippen LogP contribution in [0.2, 0.25) is 0 Å². The monoisotopic (exact) mass is 253 g/mol. The van der Waals surface area contributed by atoms with Crippen LogP contribution in [0, 0.1) is 6.92 Å². The second kappa shape index (κ2) is 8.56. The Morgan fingerprint density at radius 1 is 1.35 bits per heavy atom. The average molecular weight is 253 g/mol. The second-order valence-electron chi connectivity index (χ2n) is 4.28. The summed E-state index contributed by atoms with van der Waals surface area (Å²) in [5.41, 5.74) is 2.74. The number of benzene rings is 1. The Labute approximate surface area is 109 Å². The highest BCUT2D eigenvalue weighted by Gasteiger charge is 2.06. The van der Waals surface area contributed by atoms with Crippen LogP contribution in [0.5, 0.6) is 0 Å². The maximum absolute atomic E-state index is 9.23. The number of aryl methyl sites for hydroxylation is 1. The van der Waals surface area contributed by atoms with Gasteiger partial charge in [-0.15, -0.1) is 0 Å². The van der Waals surface area contributed by atoms with Gasteiger partial charge in [-0.05, 0) is 31.0 Å². The van der Waals surface area contributed by atoms with Gasteiger partial charge in [-0.2, -0.15) is 11.8 Å². The molecule has 0 bridgehead atoms. The fraction of sp³-hybridized carbons (Fsp3) is 0.571. The van der Waals surface area contributed by atoms with Gasteiger partial charge in [0, 0.05) is 17.5 Å². The highest BCUT2D eigenvalue weighted by molar-refractivity contribution is 7.98. The third-order valence-corrected chi connectivity index (χ3v) is 3.89. The maximum atomic E-state index is 9.23.